The summed E-state index contributed by atoms with van der Waals surface area (Å²) in [7, 11) is 1.51. The predicted molar refractivity (Wildman–Crippen MR) is 108 cm³/mol. The van der Waals surface area contributed by atoms with Gasteiger partial charge in [-0.1, -0.05) is 11.6 Å². The Balaban J connectivity index is 1.42. The lowest BCUT2D eigenvalue weighted by atomic mass is 10.2. The van der Waals surface area contributed by atoms with Crippen LogP contribution in [-0.4, -0.2) is 56.8 Å². The van der Waals surface area contributed by atoms with Gasteiger partial charge in [-0.15, -0.1) is 0 Å². The Bertz CT molecular complexity index is 952. The molecular weight excluding hydrogens is 398 g/mol. The van der Waals surface area contributed by atoms with Gasteiger partial charge in [0.05, 0.1) is 12.8 Å². The number of ether oxygens (including phenoxy) is 3. The number of carbonyl (C=O) groups is 2. The van der Waals surface area contributed by atoms with E-state index in [0.717, 1.165) is 0 Å². The van der Waals surface area contributed by atoms with Crippen molar-refractivity contribution < 1.29 is 23.8 Å². The first-order valence-corrected chi connectivity index (χ1v) is 9.52. The van der Waals surface area contributed by atoms with Gasteiger partial charge in [-0.25, -0.2) is 4.79 Å². The third-order valence-corrected chi connectivity index (χ3v) is 4.94. The first-order chi connectivity index (χ1) is 14.0. The Kier molecular flexibility index (Phi) is 5.35. The van der Waals surface area contributed by atoms with E-state index in [4.69, 9.17) is 25.8 Å². The molecule has 1 N–H and O–H groups in total. The number of nitrogens with zero attached hydrogens (tertiary/aromatic N) is 2. The van der Waals surface area contributed by atoms with Crippen LogP contribution in [0.5, 0.6) is 17.2 Å². The number of fused-ring (bicyclic) bond motifs is 1. The van der Waals surface area contributed by atoms with Gasteiger partial charge in [0.25, 0.3) is 0 Å². The molecule has 2 aromatic carbocycles. The summed E-state index contributed by atoms with van der Waals surface area (Å²) in [6.07, 6.45) is 0. The summed E-state index contributed by atoms with van der Waals surface area (Å²) in [6.45, 7) is 1.83. The maximum atomic E-state index is 12.8. The van der Waals surface area contributed by atoms with Crippen molar-refractivity contribution in [3.8, 4) is 17.2 Å². The third kappa shape index (κ3) is 4.02. The molecule has 0 unspecified atom stereocenters. The van der Waals surface area contributed by atoms with E-state index in [1.807, 2.05) is 6.07 Å². The number of rotatable bonds is 5. The van der Waals surface area contributed by atoms with E-state index < -0.39 is 0 Å². The zero-order valence-electron chi connectivity index (χ0n) is 15.8. The lowest BCUT2D eigenvalue weighted by Gasteiger charge is -2.22. The summed E-state index contributed by atoms with van der Waals surface area (Å²) in [6, 6.07) is 10.1. The second-order valence-corrected chi connectivity index (χ2v) is 7.01. The van der Waals surface area contributed by atoms with Gasteiger partial charge < -0.3 is 24.4 Å². The maximum Gasteiger partial charge on any atom is 0.325 e. The minimum atomic E-state index is -0.331. The van der Waals surface area contributed by atoms with Gasteiger partial charge in [-0.05, 0) is 30.3 Å². The number of hydrogen-bond acceptors (Lipinski definition) is 5. The van der Waals surface area contributed by atoms with Gasteiger partial charge in [0.1, 0.15) is 25.5 Å². The van der Waals surface area contributed by atoms with E-state index in [0.29, 0.717) is 59.9 Å². The highest BCUT2D eigenvalue weighted by Crippen LogP contribution is 2.35. The average molecular weight is 418 g/mol. The third-order valence-electron chi connectivity index (χ3n) is 4.70. The van der Waals surface area contributed by atoms with E-state index in [2.05, 4.69) is 5.32 Å². The highest BCUT2D eigenvalue weighted by molar-refractivity contribution is 6.31. The standard InChI is InChI=1S/C20H20ClN3O5/c1-27-16-4-2-13(21)10-15(16)22-19(25)12-23-6-7-24(20(23)26)14-3-5-17-18(11-14)29-9-8-28-17/h2-5,10-11H,6-9,12H2,1H3,(H,22,25). The SMILES string of the molecule is COc1ccc(Cl)cc1NC(=O)CN1CCN(c2ccc3c(c2)OCCO3)C1=O. The molecular formula is C20H20ClN3O5. The second-order valence-electron chi connectivity index (χ2n) is 6.58. The molecule has 2 aliphatic heterocycles. The Hall–Kier alpha value is -3.13. The predicted octanol–water partition coefficient (Wildman–Crippen LogP) is 3.00. The van der Waals surface area contributed by atoms with Crippen LogP contribution in [-0.2, 0) is 4.79 Å². The van der Waals surface area contributed by atoms with Crippen LogP contribution in [0, 0.1) is 0 Å². The van der Waals surface area contributed by atoms with Gasteiger partial charge in [0, 0.05) is 29.9 Å². The fraction of sp³-hybridized carbons (Fsp3) is 0.300. The molecule has 2 heterocycles. The molecule has 3 amide bonds. The van der Waals surface area contributed by atoms with E-state index >= 15 is 0 Å². The smallest absolute Gasteiger partial charge is 0.325 e. The highest BCUT2D eigenvalue weighted by atomic mass is 35.5. The lowest BCUT2D eigenvalue weighted by molar-refractivity contribution is -0.116. The Morgan fingerprint density at radius 1 is 1.14 bits per heavy atom. The van der Waals surface area contributed by atoms with Crippen LogP contribution >= 0.6 is 11.6 Å². The molecule has 0 bridgehead atoms. The van der Waals surface area contributed by atoms with Gasteiger partial charge >= 0.3 is 6.03 Å². The van der Waals surface area contributed by atoms with E-state index in [9.17, 15) is 9.59 Å². The minimum absolute atomic E-state index is 0.0739. The fourth-order valence-electron chi connectivity index (χ4n) is 3.31. The largest absolute Gasteiger partial charge is 0.495 e. The van der Waals surface area contributed by atoms with Gasteiger partial charge in [-0.2, -0.15) is 0 Å². The molecule has 2 aromatic rings. The summed E-state index contributed by atoms with van der Waals surface area (Å²) in [4.78, 5) is 28.4. The first-order valence-electron chi connectivity index (χ1n) is 9.14. The highest BCUT2D eigenvalue weighted by Gasteiger charge is 2.31. The van der Waals surface area contributed by atoms with Crippen LogP contribution < -0.4 is 24.4 Å². The molecule has 0 radical (unpaired) electrons. The van der Waals surface area contributed by atoms with E-state index in [1.165, 1.54) is 12.0 Å². The van der Waals surface area contributed by atoms with Crippen molar-refractivity contribution >= 4 is 34.9 Å². The molecule has 152 valence electrons. The Labute approximate surface area is 172 Å². The normalized spacial score (nSPS) is 15.4. The first kappa shape index (κ1) is 19.2. The molecule has 0 saturated carbocycles. The van der Waals surface area contributed by atoms with E-state index in [1.54, 1.807) is 35.2 Å². The number of carbonyl (C=O) groups excluding carboxylic acids is 2. The summed E-state index contributed by atoms with van der Waals surface area (Å²) in [5, 5.41) is 3.22. The molecule has 29 heavy (non-hydrogen) atoms. The minimum Gasteiger partial charge on any atom is -0.495 e. The van der Waals surface area contributed by atoms with Crippen molar-refractivity contribution in [3.05, 3.63) is 41.4 Å². The van der Waals surface area contributed by atoms with Gasteiger partial charge in [0.15, 0.2) is 11.5 Å². The van der Waals surface area contributed by atoms with Crippen molar-refractivity contribution in [2.75, 3.05) is 50.2 Å². The number of nitrogens with one attached hydrogen (secondary N) is 1. The van der Waals surface area contributed by atoms with Crippen LogP contribution in [0.25, 0.3) is 0 Å². The van der Waals surface area contributed by atoms with Crippen molar-refractivity contribution in [3.63, 3.8) is 0 Å². The fourth-order valence-corrected chi connectivity index (χ4v) is 3.48. The monoisotopic (exact) mass is 417 g/mol. The molecule has 1 fully saturated rings. The Morgan fingerprint density at radius 2 is 1.93 bits per heavy atom. The molecule has 0 spiro atoms. The molecule has 1 saturated heterocycles. The summed E-state index contributed by atoms with van der Waals surface area (Å²) in [5.74, 6) is 1.44. The number of urea groups is 1. The number of amides is 3. The molecule has 0 aliphatic carbocycles. The second kappa shape index (κ2) is 8.08. The lowest BCUT2D eigenvalue weighted by Crippen LogP contribution is -2.37. The summed E-state index contributed by atoms with van der Waals surface area (Å²) >= 11 is 5.99. The maximum absolute atomic E-state index is 12.8. The van der Waals surface area contributed by atoms with Crippen molar-refractivity contribution in [2.24, 2.45) is 0 Å². The van der Waals surface area contributed by atoms with Crippen LogP contribution in [0.15, 0.2) is 36.4 Å². The topological polar surface area (TPSA) is 80.3 Å². The Morgan fingerprint density at radius 3 is 2.72 bits per heavy atom. The quantitative estimate of drug-likeness (QED) is 0.808. The number of benzene rings is 2. The summed E-state index contributed by atoms with van der Waals surface area (Å²) < 4.78 is 16.3. The number of halogens is 1. The van der Waals surface area contributed by atoms with Crippen LogP contribution in [0.3, 0.4) is 0 Å². The van der Waals surface area contributed by atoms with Crippen molar-refractivity contribution in [2.45, 2.75) is 0 Å². The molecule has 9 heteroatoms. The van der Waals surface area contributed by atoms with Gasteiger partial charge in [-0.3, -0.25) is 9.69 Å². The summed E-state index contributed by atoms with van der Waals surface area (Å²) in [5.41, 5.74) is 1.17. The number of anilines is 2. The van der Waals surface area contributed by atoms with Crippen molar-refractivity contribution in [1.29, 1.82) is 0 Å². The van der Waals surface area contributed by atoms with Crippen molar-refractivity contribution in [1.82, 2.24) is 4.90 Å². The number of methoxy groups -OCH3 is 1. The zero-order chi connectivity index (χ0) is 20.4. The van der Waals surface area contributed by atoms with Crippen LogP contribution in [0.1, 0.15) is 0 Å². The molecule has 2 aliphatic rings. The van der Waals surface area contributed by atoms with E-state index in [-0.39, 0.29) is 18.5 Å². The molecule has 0 atom stereocenters. The molecule has 8 nitrogen and oxygen atoms in total. The molecule has 4 rings (SSSR count). The molecule has 0 aromatic heterocycles. The van der Waals surface area contributed by atoms with Crippen LogP contribution in [0.2, 0.25) is 5.02 Å². The van der Waals surface area contributed by atoms with Gasteiger partial charge in [0.2, 0.25) is 5.91 Å². The average Bonchev–Trinajstić information content (AvgIpc) is 3.08. The van der Waals surface area contributed by atoms with Crippen LogP contribution in [0.4, 0.5) is 16.2 Å². The zero-order valence-corrected chi connectivity index (χ0v) is 16.6. The number of hydrogen-bond donors (Lipinski definition) is 1.